The molecule has 0 heterocycles. The van der Waals surface area contributed by atoms with E-state index < -0.39 is 6.04 Å². The van der Waals surface area contributed by atoms with E-state index in [2.05, 4.69) is 53.3 Å². The summed E-state index contributed by atoms with van der Waals surface area (Å²) in [6.07, 6.45) is 0.459. The molecule has 0 spiro atoms. The maximum absolute atomic E-state index is 13.7. The van der Waals surface area contributed by atoms with Gasteiger partial charge in [-0.2, -0.15) is 0 Å². The van der Waals surface area contributed by atoms with Crippen LogP contribution in [0.2, 0.25) is 0 Å². The van der Waals surface area contributed by atoms with Crippen LogP contribution < -0.4 is 5.32 Å². The summed E-state index contributed by atoms with van der Waals surface area (Å²) in [5.74, 6) is 0.891. The summed E-state index contributed by atoms with van der Waals surface area (Å²) >= 11 is 5.13. The molecule has 36 heavy (non-hydrogen) atoms. The molecule has 0 radical (unpaired) electrons. The lowest BCUT2D eigenvalue weighted by Gasteiger charge is -2.32. The van der Waals surface area contributed by atoms with E-state index in [0.29, 0.717) is 18.7 Å². The van der Waals surface area contributed by atoms with Gasteiger partial charge < -0.3 is 10.2 Å². The third-order valence-electron chi connectivity index (χ3n) is 5.72. The van der Waals surface area contributed by atoms with Gasteiger partial charge in [0.25, 0.3) is 0 Å². The Hall–Kier alpha value is -2.57. The van der Waals surface area contributed by atoms with Crippen LogP contribution in [0.4, 0.5) is 0 Å². The number of amides is 2. The zero-order valence-corrected chi connectivity index (χ0v) is 23.9. The summed E-state index contributed by atoms with van der Waals surface area (Å²) in [5.41, 5.74) is 5.66. The highest BCUT2D eigenvalue weighted by molar-refractivity contribution is 9.10. The van der Waals surface area contributed by atoms with Crippen LogP contribution in [0.15, 0.2) is 77.3 Å². The van der Waals surface area contributed by atoms with Crippen molar-refractivity contribution in [3.05, 3.63) is 105 Å². The lowest BCUT2D eigenvalue weighted by atomic mass is 10.0. The minimum absolute atomic E-state index is 0.0162. The lowest BCUT2D eigenvalue weighted by molar-refractivity contribution is -0.139. The Balaban J connectivity index is 1.85. The van der Waals surface area contributed by atoms with Gasteiger partial charge in [0.05, 0.1) is 5.75 Å². The van der Waals surface area contributed by atoms with Crippen molar-refractivity contribution in [1.82, 2.24) is 10.2 Å². The normalized spacial score (nSPS) is 11.8. The molecule has 0 bridgehead atoms. The van der Waals surface area contributed by atoms with Gasteiger partial charge in [-0.05, 0) is 56.5 Å². The molecule has 0 aliphatic carbocycles. The molecular weight excluding hydrogens is 532 g/mol. The van der Waals surface area contributed by atoms with Crippen molar-refractivity contribution in [1.29, 1.82) is 0 Å². The number of nitrogens with zero attached hydrogens (tertiary/aromatic N) is 1. The lowest BCUT2D eigenvalue weighted by Crippen LogP contribution is -2.52. The van der Waals surface area contributed by atoms with E-state index >= 15 is 0 Å². The second kappa shape index (κ2) is 13.7. The third-order valence-corrected chi connectivity index (χ3v) is 7.20. The number of thioether (sulfide) groups is 1. The van der Waals surface area contributed by atoms with Crippen molar-refractivity contribution in [2.45, 2.75) is 58.5 Å². The molecule has 0 unspecified atom stereocenters. The molecule has 6 heteroatoms. The standard InChI is InChI=1S/C30H35BrN2O2S/c1-21(2)32-30(35)28(17-24-9-6-5-7-10-24)33(18-25-11-8-12-27(31)16-25)29(34)20-36-19-26-14-22(3)13-23(4)15-26/h5-16,21,28H,17-20H2,1-4H3,(H,32,35)/t28-/m0/s1. The minimum Gasteiger partial charge on any atom is -0.352 e. The number of halogens is 1. The first-order chi connectivity index (χ1) is 17.2. The van der Waals surface area contributed by atoms with Gasteiger partial charge in [-0.25, -0.2) is 0 Å². The Labute approximate surface area is 228 Å². The van der Waals surface area contributed by atoms with Gasteiger partial charge in [-0.1, -0.05) is 87.7 Å². The number of benzene rings is 3. The molecule has 0 aliphatic rings. The maximum Gasteiger partial charge on any atom is 0.243 e. The van der Waals surface area contributed by atoms with Crippen molar-refractivity contribution < 1.29 is 9.59 Å². The molecule has 0 aromatic heterocycles. The first-order valence-corrected chi connectivity index (χ1v) is 14.2. The fourth-order valence-electron chi connectivity index (χ4n) is 4.26. The maximum atomic E-state index is 13.7. The molecule has 2 amide bonds. The van der Waals surface area contributed by atoms with Gasteiger partial charge in [0.15, 0.2) is 0 Å². The number of carbonyl (C=O) groups is 2. The number of hydrogen-bond acceptors (Lipinski definition) is 3. The number of hydrogen-bond donors (Lipinski definition) is 1. The van der Waals surface area contributed by atoms with E-state index in [9.17, 15) is 9.59 Å². The van der Waals surface area contributed by atoms with Crippen LogP contribution in [0.25, 0.3) is 0 Å². The summed E-state index contributed by atoms with van der Waals surface area (Å²) in [6.45, 7) is 8.43. The SMILES string of the molecule is Cc1cc(C)cc(CSCC(=O)N(Cc2cccc(Br)c2)[C@@H](Cc2ccccc2)C(=O)NC(C)C)c1. The van der Waals surface area contributed by atoms with E-state index in [1.807, 2.05) is 68.4 Å². The Bertz CT molecular complexity index is 1150. The Morgan fingerprint density at radius 1 is 0.889 bits per heavy atom. The van der Waals surface area contributed by atoms with E-state index in [1.165, 1.54) is 16.7 Å². The van der Waals surface area contributed by atoms with Crippen molar-refractivity contribution in [2.24, 2.45) is 0 Å². The van der Waals surface area contributed by atoms with E-state index in [1.54, 1.807) is 16.7 Å². The van der Waals surface area contributed by atoms with Crippen LogP contribution in [0, 0.1) is 13.8 Å². The first kappa shape index (κ1) is 28.0. The monoisotopic (exact) mass is 566 g/mol. The summed E-state index contributed by atoms with van der Waals surface area (Å²) in [5, 5.41) is 3.04. The highest BCUT2D eigenvalue weighted by atomic mass is 79.9. The van der Waals surface area contributed by atoms with Crippen molar-refractivity contribution >= 4 is 39.5 Å². The fraction of sp³-hybridized carbons (Fsp3) is 0.333. The fourth-order valence-corrected chi connectivity index (χ4v) is 5.55. The summed E-state index contributed by atoms with van der Waals surface area (Å²) in [4.78, 5) is 28.9. The van der Waals surface area contributed by atoms with E-state index in [-0.39, 0.29) is 17.9 Å². The number of rotatable bonds is 11. The first-order valence-electron chi connectivity index (χ1n) is 12.2. The highest BCUT2D eigenvalue weighted by Crippen LogP contribution is 2.21. The van der Waals surface area contributed by atoms with E-state index in [4.69, 9.17) is 0 Å². The van der Waals surface area contributed by atoms with Crippen molar-refractivity contribution in [3.63, 3.8) is 0 Å². The Morgan fingerprint density at radius 2 is 1.56 bits per heavy atom. The van der Waals surface area contributed by atoms with Gasteiger partial charge in [0.1, 0.15) is 6.04 Å². The summed E-state index contributed by atoms with van der Waals surface area (Å²) in [6, 6.07) is 23.7. The molecule has 1 N–H and O–H groups in total. The predicted octanol–water partition coefficient (Wildman–Crippen LogP) is 6.46. The minimum atomic E-state index is -0.608. The Morgan fingerprint density at radius 3 is 2.19 bits per heavy atom. The third kappa shape index (κ3) is 8.82. The van der Waals surface area contributed by atoms with Gasteiger partial charge >= 0.3 is 0 Å². The molecular formula is C30H35BrN2O2S. The molecule has 3 rings (SSSR count). The molecule has 1 atom stereocenters. The van der Waals surface area contributed by atoms with Crippen LogP contribution in [-0.4, -0.2) is 34.6 Å². The van der Waals surface area contributed by atoms with E-state index in [0.717, 1.165) is 21.4 Å². The molecule has 0 saturated carbocycles. The molecule has 3 aromatic carbocycles. The quantitative estimate of drug-likeness (QED) is 0.289. The van der Waals surface area contributed by atoms with Gasteiger partial charge in [-0.15, -0.1) is 11.8 Å². The smallest absolute Gasteiger partial charge is 0.243 e. The Kier molecular flexibility index (Phi) is 10.6. The number of nitrogens with one attached hydrogen (secondary N) is 1. The second-order valence-corrected chi connectivity index (χ2v) is 11.4. The average Bonchev–Trinajstić information content (AvgIpc) is 2.81. The van der Waals surface area contributed by atoms with Crippen LogP contribution in [0.1, 0.15) is 41.7 Å². The van der Waals surface area contributed by atoms with Gasteiger partial charge in [0.2, 0.25) is 11.8 Å². The zero-order chi connectivity index (χ0) is 26.1. The van der Waals surface area contributed by atoms with Gasteiger partial charge in [0, 0.05) is 29.2 Å². The second-order valence-electron chi connectivity index (χ2n) is 9.51. The van der Waals surface area contributed by atoms with Crippen molar-refractivity contribution in [3.8, 4) is 0 Å². The van der Waals surface area contributed by atoms with Crippen molar-refractivity contribution in [2.75, 3.05) is 5.75 Å². The highest BCUT2D eigenvalue weighted by Gasteiger charge is 2.30. The molecule has 0 fully saturated rings. The summed E-state index contributed by atoms with van der Waals surface area (Å²) in [7, 11) is 0. The van der Waals surface area contributed by atoms with Gasteiger partial charge in [-0.3, -0.25) is 9.59 Å². The molecule has 3 aromatic rings. The largest absolute Gasteiger partial charge is 0.352 e. The zero-order valence-electron chi connectivity index (χ0n) is 21.5. The summed E-state index contributed by atoms with van der Waals surface area (Å²) < 4.78 is 0.947. The van der Waals surface area contributed by atoms with Crippen LogP contribution >= 0.6 is 27.7 Å². The van der Waals surface area contributed by atoms with Crippen LogP contribution in [0.3, 0.4) is 0 Å². The number of aryl methyl sites for hydroxylation is 2. The molecule has 4 nitrogen and oxygen atoms in total. The molecule has 0 saturated heterocycles. The molecule has 190 valence electrons. The van der Waals surface area contributed by atoms with Crippen LogP contribution in [0.5, 0.6) is 0 Å². The molecule has 0 aliphatic heterocycles. The van der Waals surface area contributed by atoms with Crippen LogP contribution in [-0.2, 0) is 28.3 Å². The average molecular weight is 568 g/mol. The predicted molar refractivity (Wildman–Crippen MR) is 154 cm³/mol. The number of carbonyl (C=O) groups excluding carboxylic acids is 2. The topological polar surface area (TPSA) is 49.4 Å².